The lowest BCUT2D eigenvalue weighted by Crippen LogP contribution is -2.44. The molecule has 0 unspecified atom stereocenters. The Labute approximate surface area is 180 Å². The smallest absolute Gasteiger partial charge is 0.349 e. The van der Waals surface area contributed by atoms with Crippen LogP contribution >= 0.6 is 11.6 Å². The van der Waals surface area contributed by atoms with Crippen molar-refractivity contribution in [3.8, 4) is 11.6 Å². The van der Waals surface area contributed by atoms with Crippen molar-refractivity contribution in [2.24, 2.45) is 0 Å². The largest absolute Gasteiger partial charge is 0.493 e. The van der Waals surface area contributed by atoms with Crippen LogP contribution in [0.2, 0.25) is 5.02 Å². The van der Waals surface area contributed by atoms with Gasteiger partial charge >= 0.3 is 5.69 Å². The number of likely N-dealkylation sites (N-methyl/N-ethyl adjacent to an activating group) is 1. The molecule has 2 aliphatic rings. The van der Waals surface area contributed by atoms with Crippen molar-refractivity contribution >= 4 is 17.3 Å². The predicted octanol–water partition coefficient (Wildman–Crippen LogP) is 2.01. The van der Waals surface area contributed by atoms with Crippen LogP contribution in [0.3, 0.4) is 0 Å². The molecular weight excluding hydrogens is 406 g/mol. The Balaban J connectivity index is 1.37. The number of ether oxygens (including phenoxy) is 1. The molecule has 30 heavy (non-hydrogen) atoms. The van der Waals surface area contributed by atoms with Crippen LogP contribution in [0.4, 0.5) is 0 Å². The van der Waals surface area contributed by atoms with Gasteiger partial charge in [0.15, 0.2) is 0 Å². The van der Waals surface area contributed by atoms with E-state index >= 15 is 0 Å². The number of halogens is 1. The lowest BCUT2D eigenvalue weighted by atomic mass is 10.1. The molecule has 1 fully saturated rings. The monoisotopic (exact) mass is 433 g/mol. The third-order valence-electron chi connectivity index (χ3n) is 5.66. The molecule has 4 rings (SSSR count). The van der Waals surface area contributed by atoms with E-state index in [-0.39, 0.29) is 11.6 Å². The lowest BCUT2D eigenvalue weighted by Gasteiger charge is -2.32. The molecule has 8 nitrogen and oxygen atoms in total. The van der Waals surface area contributed by atoms with E-state index in [1.165, 1.54) is 15.4 Å². The van der Waals surface area contributed by atoms with Crippen LogP contribution in [0.5, 0.6) is 11.6 Å². The van der Waals surface area contributed by atoms with Crippen LogP contribution < -0.4 is 15.9 Å². The van der Waals surface area contributed by atoms with Crippen molar-refractivity contribution in [3.05, 3.63) is 51.5 Å². The van der Waals surface area contributed by atoms with Crippen molar-refractivity contribution in [3.63, 3.8) is 0 Å². The number of fused-ring (bicyclic) bond motifs is 1. The molecule has 0 radical (unpaired) electrons. The number of hydrogen-bond donors (Lipinski definition) is 2. The molecule has 2 N–H and O–H groups in total. The molecule has 0 bridgehead atoms. The Hall–Kier alpha value is -2.42. The van der Waals surface area contributed by atoms with Crippen molar-refractivity contribution in [1.82, 2.24) is 19.0 Å². The van der Waals surface area contributed by atoms with Gasteiger partial charge in [-0.15, -0.1) is 0 Å². The number of unbranched alkanes of at least 4 members (excludes halogenated alkanes) is 1. The zero-order valence-corrected chi connectivity index (χ0v) is 17.9. The summed E-state index contributed by atoms with van der Waals surface area (Å²) in [5.74, 6) is 0.649. The molecule has 0 aliphatic carbocycles. The van der Waals surface area contributed by atoms with E-state index in [2.05, 4.69) is 22.3 Å². The summed E-state index contributed by atoms with van der Waals surface area (Å²) in [6.45, 7) is 6.28. The summed E-state index contributed by atoms with van der Waals surface area (Å²) in [5.41, 5.74) is 4.26. The van der Waals surface area contributed by atoms with Gasteiger partial charge in [0.25, 0.3) is 0 Å². The second-order valence-electron chi connectivity index (χ2n) is 7.82. The maximum absolute atomic E-state index is 12.8. The number of piperazine rings is 1. The van der Waals surface area contributed by atoms with Crippen molar-refractivity contribution in [1.29, 1.82) is 0 Å². The molecule has 0 saturated carbocycles. The fraction of sp³-hybridized carbons (Fsp3) is 0.476. The quantitative estimate of drug-likeness (QED) is 0.651. The van der Waals surface area contributed by atoms with E-state index in [0.29, 0.717) is 29.6 Å². The number of nitrogens with zero attached hydrogens (tertiary/aromatic N) is 4. The van der Waals surface area contributed by atoms with Gasteiger partial charge in [0, 0.05) is 43.3 Å². The van der Waals surface area contributed by atoms with Crippen LogP contribution in [0, 0.1) is 0 Å². The highest BCUT2D eigenvalue weighted by atomic mass is 35.5. The van der Waals surface area contributed by atoms with Crippen LogP contribution in [0.25, 0.3) is 5.70 Å². The number of imidazole rings is 1. The van der Waals surface area contributed by atoms with E-state index < -0.39 is 0 Å². The molecule has 162 valence electrons. The summed E-state index contributed by atoms with van der Waals surface area (Å²) in [7, 11) is 2.15. The van der Waals surface area contributed by atoms with E-state index in [0.717, 1.165) is 51.1 Å². The fourth-order valence-corrected chi connectivity index (χ4v) is 4.01. The minimum atomic E-state index is -0.303. The summed E-state index contributed by atoms with van der Waals surface area (Å²) in [6, 6.07) is 5.35. The number of hydrogen-bond acceptors (Lipinski definition) is 6. The topological polar surface area (TPSA) is 74.9 Å². The Morgan fingerprint density at radius 3 is 2.73 bits per heavy atom. The SMILES string of the molecule is CN1CCN(CCCCn2c(O)cn(NC3=CCOc4ccc(Cl)cc43)c2=O)CC1. The van der Waals surface area contributed by atoms with Gasteiger partial charge < -0.3 is 19.6 Å². The normalized spacial score (nSPS) is 17.3. The zero-order valence-electron chi connectivity index (χ0n) is 17.2. The van der Waals surface area contributed by atoms with Crippen molar-refractivity contribution < 1.29 is 9.84 Å². The highest BCUT2D eigenvalue weighted by molar-refractivity contribution is 6.30. The van der Waals surface area contributed by atoms with Crippen LogP contribution in [-0.2, 0) is 6.54 Å². The first-order valence-electron chi connectivity index (χ1n) is 10.3. The first-order valence-corrected chi connectivity index (χ1v) is 10.7. The molecule has 9 heteroatoms. The molecule has 1 aromatic heterocycles. The van der Waals surface area contributed by atoms with Gasteiger partial charge in [-0.3, -0.25) is 9.99 Å². The minimum absolute atomic E-state index is 0.0499. The average molecular weight is 434 g/mol. The molecular formula is C21H28ClN5O3. The average Bonchev–Trinajstić information content (AvgIpc) is 3.00. The second-order valence-corrected chi connectivity index (χ2v) is 8.26. The molecule has 3 heterocycles. The highest BCUT2D eigenvalue weighted by Crippen LogP contribution is 2.31. The summed E-state index contributed by atoms with van der Waals surface area (Å²) in [6.07, 6.45) is 5.07. The van der Waals surface area contributed by atoms with E-state index in [1.54, 1.807) is 18.2 Å². The van der Waals surface area contributed by atoms with Gasteiger partial charge in [0.2, 0.25) is 5.88 Å². The standard InChI is InChI=1S/C21H28ClN5O3/c1-24-9-11-25(12-10-24)7-2-3-8-26-20(28)15-27(21(26)29)23-18-6-13-30-19-5-4-16(22)14-17(18)19/h4-6,14-15,23,28H,2-3,7-13H2,1H3. The van der Waals surface area contributed by atoms with Gasteiger partial charge in [-0.1, -0.05) is 11.6 Å². The highest BCUT2D eigenvalue weighted by Gasteiger charge is 2.18. The molecule has 1 aromatic carbocycles. The Kier molecular flexibility index (Phi) is 6.36. The van der Waals surface area contributed by atoms with Gasteiger partial charge in [0.05, 0.1) is 11.9 Å². The van der Waals surface area contributed by atoms with Crippen LogP contribution in [0.15, 0.2) is 35.3 Å². The van der Waals surface area contributed by atoms with Gasteiger partial charge in [-0.05, 0) is 50.7 Å². The summed E-state index contributed by atoms with van der Waals surface area (Å²) >= 11 is 6.11. The van der Waals surface area contributed by atoms with Crippen molar-refractivity contribution in [2.75, 3.05) is 51.8 Å². The second kappa shape index (κ2) is 9.16. The Morgan fingerprint density at radius 2 is 1.93 bits per heavy atom. The number of benzene rings is 1. The maximum Gasteiger partial charge on any atom is 0.349 e. The third-order valence-corrected chi connectivity index (χ3v) is 5.89. The molecule has 0 amide bonds. The lowest BCUT2D eigenvalue weighted by molar-refractivity contribution is 0.151. The predicted molar refractivity (Wildman–Crippen MR) is 118 cm³/mol. The molecule has 2 aromatic rings. The van der Waals surface area contributed by atoms with Crippen molar-refractivity contribution in [2.45, 2.75) is 19.4 Å². The molecule has 2 aliphatic heterocycles. The molecule has 0 atom stereocenters. The Morgan fingerprint density at radius 1 is 1.17 bits per heavy atom. The third kappa shape index (κ3) is 4.66. The van der Waals surface area contributed by atoms with E-state index in [1.807, 2.05) is 6.08 Å². The number of aromatic hydroxyl groups is 1. The van der Waals surface area contributed by atoms with E-state index in [9.17, 15) is 9.90 Å². The number of rotatable bonds is 7. The fourth-order valence-electron chi connectivity index (χ4n) is 3.83. The van der Waals surface area contributed by atoms with E-state index in [4.69, 9.17) is 16.3 Å². The number of nitrogens with one attached hydrogen (secondary N) is 1. The van der Waals surface area contributed by atoms with Gasteiger partial charge in [-0.25, -0.2) is 9.47 Å². The zero-order chi connectivity index (χ0) is 21.1. The summed E-state index contributed by atoms with van der Waals surface area (Å²) in [5, 5.41) is 10.9. The Bertz CT molecular complexity index is 976. The molecule has 1 saturated heterocycles. The molecule has 0 spiro atoms. The van der Waals surface area contributed by atoms with Gasteiger partial charge in [0.1, 0.15) is 12.4 Å². The summed E-state index contributed by atoms with van der Waals surface area (Å²) in [4.78, 5) is 17.6. The maximum atomic E-state index is 12.8. The van der Waals surface area contributed by atoms with Gasteiger partial charge in [-0.2, -0.15) is 0 Å². The minimum Gasteiger partial charge on any atom is -0.493 e. The van der Waals surface area contributed by atoms with Crippen LogP contribution in [0.1, 0.15) is 18.4 Å². The van der Waals surface area contributed by atoms with Crippen LogP contribution in [-0.4, -0.2) is 70.5 Å². The summed E-state index contributed by atoms with van der Waals surface area (Å²) < 4.78 is 8.31. The first kappa shape index (κ1) is 20.8. The number of aromatic nitrogens is 2. The first-order chi connectivity index (χ1) is 14.5.